The Morgan fingerprint density at radius 2 is 1.61 bits per heavy atom. The van der Waals surface area contributed by atoms with Crippen molar-refractivity contribution < 1.29 is 24.2 Å². The van der Waals surface area contributed by atoms with Crippen molar-refractivity contribution in [2.45, 2.75) is 21.9 Å². The summed E-state index contributed by atoms with van der Waals surface area (Å²) in [4.78, 5) is 35.6. The summed E-state index contributed by atoms with van der Waals surface area (Å²) in [5.74, 6) is -3.12. The van der Waals surface area contributed by atoms with E-state index >= 15 is 0 Å². The number of aliphatic carboxylic acids is 1. The zero-order chi connectivity index (χ0) is 13.2. The molecule has 3 aliphatic heterocycles. The van der Waals surface area contributed by atoms with Crippen LogP contribution in [0.25, 0.3) is 0 Å². The van der Waals surface area contributed by atoms with Gasteiger partial charge in [-0.05, 0) is 0 Å². The molecule has 3 aliphatic rings. The second kappa shape index (κ2) is 4.01. The van der Waals surface area contributed by atoms with E-state index in [0.29, 0.717) is 0 Å². The summed E-state index contributed by atoms with van der Waals surface area (Å²) in [5, 5.41) is 8.73. The van der Waals surface area contributed by atoms with E-state index in [2.05, 4.69) is 31.9 Å². The topological polar surface area (TPSA) is 83.9 Å². The number of alkyl halides is 2. The molecule has 3 saturated heterocycles. The highest BCUT2D eigenvalue weighted by Gasteiger charge is 2.68. The van der Waals surface area contributed by atoms with Crippen LogP contribution in [-0.2, 0) is 19.1 Å². The molecule has 6 atom stereocenters. The van der Waals surface area contributed by atoms with Crippen LogP contribution in [0.5, 0.6) is 0 Å². The lowest BCUT2D eigenvalue weighted by Gasteiger charge is -2.24. The number of carbonyl (C=O) groups is 3. The molecule has 1 N–H and O–H groups in total. The largest absolute Gasteiger partial charge is 0.480 e. The molecule has 3 fully saturated rings. The fourth-order valence-electron chi connectivity index (χ4n) is 3.02. The molecule has 2 amide bonds. The number of likely N-dealkylation sites (tertiary alicyclic amines) is 1. The Kier molecular flexibility index (Phi) is 2.80. The van der Waals surface area contributed by atoms with Crippen molar-refractivity contribution in [1.82, 2.24) is 4.90 Å². The van der Waals surface area contributed by atoms with Crippen molar-refractivity contribution in [3.63, 3.8) is 0 Å². The van der Waals surface area contributed by atoms with E-state index in [0.717, 1.165) is 4.90 Å². The van der Waals surface area contributed by atoms with Crippen molar-refractivity contribution in [1.29, 1.82) is 0 Å². The van der Waals surface area contributed by atoms with Crippen molar-refractivity contribution in [2.24, 2.45) is 11.8 Å². The van der Waals surface area contributed by atoms with Crippen LogP contribution in [0.3, 0.4) is 0 Å². The van der Waals surface area contributed by atoms with Gasteiger partial charge in [-0.25, -0.2) is 0 Å². The molecule has 98 valence electrons. The van der Waals surface area contributed by atoms with Crippen LogP contribution in [0.15, 0.2) is 0 Å². The van der Waals surface area contributed by atoms with E-state index in [9.17, 15) is 14.4 Å². The van der Waals surface area contributed by atoms with Crippen molar-refractivity contribution in [3.05, 3.63) is 0 Å². The zero-order valence-electron chi connectivity index (χ0n) is 8.95. The Balaban J connectivity index is 1.92. The fraction of sp³-hybridized carbons (Fsp3) is 0.700. The van der Waals surface area contributed by atoms with E-state index in [-0.39, 0.29) is 21.9 Å². The number of hydrogen-bond acceptors (Lipinski definition) is 4. The van der Waals surface area contributed by atoms with Gasteiger partial charge in [0.2, 0.25) is 11.8 Å². The zero-order valence-corrected chi connectivity index (χ0v) is 12.1. The first kappa shape index (κ1) is 12.6. The third-order valence-electron chi connectivity index (χ3n) is 3.74. The van der Waals surface area contributed by atoms with Gasteiger partial charge >= 0.3 is 5.97 Å². The molecule has 3 heterocycles. The average Bonchev–Trinajstić information content (AvgIpc) is 2.88. The number of fused-ring (bicyclic) bond motifs is 5. The molecular weight excluding hydrogens is 374 g/mol. The minimum Gasteiger partial charge on any atom is -0.480 e. The minimum absolute atomic E-state index is 0.0368. The van der Waals surface area contributed by atoms with Gasteiger partial charge in [-0.3, -0.25) is 19.3 Å². The van der Waals surface area contributed by atoms with Crippen LogP contribution in [0.4, 0.5) is 0 Å². The number of rotatable bonds is 2. The van der Waals surface area contributed by atoms with Gasteiger partial charge in [-0.15, -0.1) is 0 Å². The molecule has 18 heavy (non-hydrogen) atoms. The number of halogens is 2. The van der Waals surface area contributed by atoms with Crippen LogP contribution < -0.4 is 0 Å². The van der Waals surface area contributed by atoms with Crippen molar-refractivity contribution in [2.75, 3.05) is 6.54 Å². The van der Waals surface area contributed by atoms with Crippen LogP contribution in [0, 0.1) is 11.8 Å². The molecule has 3 rings (SSSR count). The summed E-state index contributed by atoms with van der Waals surface area (Å²) >= 11 is 6.89. The highest BCUT2D eigenvalue weighted by molar-refractivity contribution is 9.12. The van der Waals surface area contributed by atoms with Crippen LogP contribution in [0.2, 0.25) is 0 Å². The lowest BCUT2D eigenvalue weighted by atomic mass is 9.81. The number of carboxylic acid groups (broad SMARTS) is 1. The third-order valence-corrected chi connectivity index (χ3v) is 6.63. The van der Waals surface area contributed by atoms with Crippen molar-refractivity contribution >= 4 is 49.6 Å². The van der Waals surface area contributed by atoms with Crippen LogP contribution >= 0.6 is 31.9 Å². The lowest BCUT2D eigenvalue weighted by molar-refractivity contribution is -0.151. The average molecular weight is 383 g/mol. The monoisotopic (exact) mass is 381 g/mol. The Bertz CT molecular complexity index is 424. The molecular formula is C10H9Br2NO5. The summed E-state index contributed by atoms with van der Waals surface area (Å²) in [6, 6.07) is 0. The predicted octanol–water partition coefficient (Wildman–Crippen LogP) is -0.0198. The first-order valence-corrected chi connectivity index (χ1v) is 7.27. The molecule has 0 spiro atoms. The number of nitrogens with zero attached hydrogens (tertiary/aromatic N) is 1. The molecule has 0 saturated carbocycles. The third kappa shape index (κ3) is 1.45. The molecule has 8 heteroatoms. The van der Waals surface area contributed by atoms with Gasteiger partial charge in [-0.2, -0.15) is 0 Å². The SMILES string of the molecule is O=C(O)CN1C(=O)[C@@H]2[C@H]3O[C@@H]([C@@H](Br)[C@H]3Br)[C@H]2C1=O. The smallest absolute Gasteiger partial charge is 0.323 e. The fourth-order valence-corrected chi connectivity index (χ4v) is 4.52. The Morgan fingerprint density at radius 1 is 1.17 bits per heavy atom. The highest BCUT2D eigenvalue weighted by atomic mass is 79.9. The first-order valence-electron chi connectivity index (χ1n) is 5.44. The van der Waals surface area contributed by atoms with Gasteiger partial charge in [0.15, 0.2) is 0 Å². The molecule has 0 radical (unpaired) electrons. The summed E-state index contributed by atoms with van der Waals surface area (Å²) in [5.41, 5.74) is 0. The van der Waals surface area contributed by atoms with Crippen LogP contribution in [0.1, 0.15) is 0 Å². The molecule has 0 aliphatic carbocycles. The van der Waals surface area contributed by atoms with Gasteiger partial charge < -0.3 is 9.84 Å². The molecule has 0 aromatic rings. The van der Waals surface area contributed by atoms with E-state index in [1.54, 1.807) is 0 Å². The van der Waals surface area contributed by atoms with Crippen molar-refractivity contribution in [3.8, 4) is 0 Å². The predicted molar refractivity (Wildman–Crippen MR) is 65.4 cm³/mol. The maximum Gasteiger partial charge on any atom is 0.323 e. The van der Waals surface area contributed by atoms with Crippen LogP contribution in [-0.4, -0.2) is 56.2 Å². The number of carboxylic acids is 1. The molecule has 0 aromatic heterocycles. The summed E-state index contributed by atoms with van der Waals surface area (Å²) in [6.07, 6.45) is -0.723. The molecule has 2 bridgehead atoms. The maximum absolute atomic E-state index is 12.1. The van der Waals surface area contributed by atoms with E-state index < -0.39 is 36.2 Å². The van der Waals surface area contributed by atoms with Gasteiger partial charge in [0.05, 0.1) is 33.7 Å². The second-order valence-corrected chi connectivity index (χ2v) is 6.78. The number of hydrogen-bond donors (Lipinski definition) is 1. The number of ether oxygens (including phenoxy) is 1. The molecule has 0 aromatic carbocycles. The number of imide groups is 1. The van der Waals surface area contributed by atoms with E-state index in [1.165, 1.54) is 0 Å². The van der Waals surface area contributed by atoms with Gasteiger partial charge in [-0.1, -0.05) is 31.9 Å². The minimum atomic E-state index is -1.18. The normalized spacial score (nSPS) is 45.8. The second-order valence-electron chi connectivity index (χ2n) is 4.66. The molecule has 0 unspecified atom stereocenters. The lowest BCUT2D eigenvalue weighted by Crippen LogP contribution is -2.42. The van der Waals surface area contributed by atoms with E-state index in [4.69, 9.17) is 9.84 Å². The molecule has 6 nitrogen and oxygen atoms in total. The van der Waals surface area contributed by atoms with Gasteiger partial charge in [0, 0.05) is 0 Å². The van der Waals surface area contributed by atoms with Gasteiger partial charge in [0.25, 0.3) is 0 Å². The highest BCUT2D eigenvalue weighted by Crippen LogP contribution is 2.52. The Hall–Kier alpha value is -0.470. The summed E-state index contributed by atoms with van der Waals surface area (Å²) < 4.78 is 5.65. The quantitative estimate of drug-likeness (QED) is 0.536. The van der Waals surface area contributed by atoms with E-state index in [1.807, 2.05) is 0 Å². The number of amides is 2. The number of carbonyl (C=O) groups excluding carboxylic acids is 2. The summed E-state index contributed by atoms with van der Waals surface area (Å²) in [7, 11) is 0. The maximum atomic E-state index is 12.1. The van der Waals surface area contributed by atoms with Gasteiger partial charge in [0.1, 0.15) is 6.54 Å². The Labute approximate surface area is 119 Å². The first-order chi connectivity index (χ1) is 8.43. The summed E-state index contributed by atoms with van der Waals surface area (Å²) in [6.45, 7) is -0.565. The Morgan fingerprint density at radius 3 is 2.00 bits per heavy atom. The standard InChI is InChI=1S/C10H9Br2NO5/c11-5-6(12)8-4-3(7(5)18-8)9(16)13(10(4)17)1-2(14)15/h3-8H,1H2,(H,14,15)/t3-,4-,5-,6+,7+,8+/m0/s1.